The standard InChI is InChI=1S/C40H34N2O6S/c1-46-36-19-25(20-37(47-2)38(36)48-3)18-34(42-39(44)26-10-5-4-6-11-26)40(45)41-30-13-9-14-31(23-30)49-24-35(43)28-16-17-33-29(22-28)21-27-12-7-8-15-32(27)33/h4-20,22-23H,21,24H2,1-3H3,(H,41,45)(H,42,44)/b34-18-. The Morgan fingerprint density at radius 1 is 0.714 bits per heavy atom. The van der Waals surface area contributed by atoms with Crippen molar-refractivity contribution in [2.24, 2.45) is 0 Å². The van der Waals surface area contributed by atoms with E-state index in [1.807, 2.05) is 36.4 Å². The molecule has 0 aromatic heterocycles. The lowest BCUT2D eigenvalue weighted by Gasteiger charge is -2.15. The maximum atomic E-state index is 13.7. The normalized spacial score (nSPS) is 11.6. The second-order valence-electron chi connectivity index (χ2n) is 11.2. The van der Waals surface area contributed by atoms with Crippen LogP contribution in [0.5, 0.6) is 17.2 Å². The third-order valence-corrected chi connectivity index (χ3v) is 9.10. The van der Waals surface area contributed by atoms with Gasteiger partial charge in [-0.15, -0.1) is 11.8 Å². The molecule has 49 heavy (non-hydrogen) atoms. The van der Waals surface area contributed by atoms with E-state index in [0.29, 0.717) is 39.6 Å². The van der Waals surface area contributed by atoms with E-state index >= 15 is 0 Å². The fourth-order valence-electron chi connectivity index (χ4n) is 5.71. The Hall–Kier alpha value is -5.80. The highest BCUT2D eigenvalue weighted by atomic mass is 32.2. The lowest BCUT2D eigenvalue weighted by atomic mass is 10.0. The van der Waals surface area contributed by atoms with Crippen LogP contribution in [0, 0.1) is 0 Å². The lowest BCUT2D eigenvalue weighted by Crippen LogP contribution is -2.30. The third-order valence-electron chi connectivity index (χ3n) is 8.10. The molecule has 0 radical (unpaired) electrons. The number of carbonyl (C=O) groups is 3. The number of hydrogen-bond acceptors (Lipinski definition) is 7. The first-order chi connectivity index (χ1) is 23.9. The number of benzene rings is 5. The summed E-state index contributed by atoms with van der Waals surface area (Å²) in [6.45, 7) is 0. The minimum Gasteiger partial charge on any atom is -0.493 e. The van der Waals surface area contributed by atoms with Gasteiger partial charge >= 0.3 is 0 Å². The molecular weight excluding hydrogens is 637 g/mol. The molecule has 0 fully saturated rings. The zero-order chi connectivity index (χ0) is 34.3. The van der Waals surface area contributed by atoms with Crippen LogP contribution in [0.15, 0.2) is 120 Å². The van der Waals surface area contributed by atoms with Gasteiger partial charge in [0.15, 0.2) is 17.3 Å². The highest BCUT2D eigenvalue weighted by Gasteiger charge is 2.20. The molecule has 5 aromatic carbocycles. The molecule has 0 heterocycles. The summed E-state index contributed by atoms with van der Waals surface area (Å²) in [5, 5.41) is 5.64. The van der Waals surface area contributed by atoms with Gasteiger partial charge in [-0.2, -0.15) is 0 Å². The number of amides is 2. The number of hydrogen-bond donors (Lipinski definition) is 2. The minimum atomic E-state index is -0.546. The average Bonchev–Trinajstić information content (AvgIpc) is 3.51. The van der Waals surface area contributed by atoms with Crippen LogP contribution in [0.25, 0.3) is 17.2 Å². The van der Waals surface area contributed by atoms with Crippen molar-refractivity contribution in [1.29, 1.82) is 0 Å². The van der Waals surface area contributed by atoms with E-state index in [-0.39, 0.29) is 17.2 Å². The predicted molar refractivity (Wildman–Crippen MR) is 193 cm³/mol. The Balaban J connectivity index is 1.18. The van der Waals surface area contributed by atoms with E-state index in [1.165, 1.54) is 55.9 Å². The van der Waals surface area contributed by atoms with Gasteiger partial charge < -0.3 is 24.8 Å². The van der Waals surface area contributed by atoms with E-state index in [1.54, 1.807) is 60.7 Å². The average molecular weight is 671 g/mol. The first kappa shape index (κ1) is 33.1. The highest BCUT2D eigenvalue weighted by molar-refractivity contribution is 8.00. The predicted octanol–water partition coefficient (Wildman–Crippen LogP) is 7.67. The first-order valence-electron chi connectivity index (χ1n) is 15.5. The van der Waals surface area contributed by atoms with Gasteiger partial charge in [0.1, 0.15) is 5.70 Å². The van der Waals surface area contributed by atoms with Gasteiger partial charge in [0, 0.05) is 21.7 Å². The number of rotatable bonds is 12. The number of Topliss-reactive ketones (excluding diaryl/α,β-unsaturated/α-hetero) is 1. The fraction of sp³-hybridized carbons (Fsp3) is 0.125. The van der Waals surface area contributed by atoms with Crippen molar-refractivity contribution in [2.45, 2.75) is 11.3 Å². The van der Waals surface area contributed by atoms with Crippen LogP contribution in [0.1, 0.15) is 37.4 Å². The Morgan fingerprint density at radius 3 is 2.16 bits per heavy atom. The molecule has 1 aliphatic rings. The number of nitrogens with one attached hydrogen (secondary N) is 2. The summed E-state index contributed by atoms with van der Waals surface area (Å²) in [6, 6.07) is 33.5. The zero-order valence-corrected chi connectivity index (χ0v) is 28.1. The number of ether oxygens (including phenoxy) is 3. The van der Waals surface area contributed by atoms with Crippen molar-refractivity contribution >= 4 is 41.1 Å². The summed E-state index contributed by atoms with van der Waals surface area (Å²) < 4.78 is 16.4. The van der Waals surface area contributed by atoms with Gasteiger partial charge in [0.25, 0.3) is 11.8 Å². The number of fused-ring (bicyclic) bond motifs is 3. The van der Waals surface area contributed by atoms with Crippen LogP contribution in [-0.2, 0) is 11.2 Å². The van der Waals surface area contributed by atoms with E-state index in [4.69, 9.17) is 14.2 Å². The van der Waals surface area contributed by atoms with Crippen LogP contribution < -0.4 is 24.8 Å². The molecule has 0 atom stereocenters. The number of ketones is 1. The maximum absolute atomic E-state index is 13.7. The van der Waals surface area contributed by atoms with Gasteiger partial charge in [0.2, 0.25) is 5.75 Å². The second kappa shape index (κ2) is 15.0. The van der Waals surface area contributed by atoms with E-state index in [9.17, 15) is 14.4 Å². The Kier molecular flexibility index (Phi) is 10.1. The van der Waals surface area contributed by atoms with Gasteiger partial charge in [-0.05, 0) is 88.8 Å². The first-order valence-corrected chi connectivity index (χ1v) is 16.5. The third kappa shape index (κ3) is 7.52. The SMILES string of the molecule is COc1cc(/C=C(\NC(=O)c2ccccc2)C(=O)Nc2cccc(SCC(=O)c3ccc4c(c3)Cc3ccccc3-4)c2)cc(OC)c1OC. The summed E-state index contributed by atoms with van der Waals surface area (Å²) in [7, 11) is 4.50. The summed E-state index contributed by atoms with van der Waals surface area (Å²) in [6.07, 6.45) is 2.36. The summed E-state index contributed by atoms with van der Waals surface area (Å²) >= 11 is 1.39. The largest absolute Gasteiger partial charge is 0.493 e. The topological polar surface area (TPSA) is 103 Å². The molecule has 2 N–H and O–H groups in total. The summed E-state index contributed by atoms with van der Waals surface area (Å²) in [5.74, 6) is 0.456. The Bertz CT molecular complexity index is 2050. The molecule has 6 rings (SSSR count). The molecule has 0 aliphatic heterocycles. The van der Waals surface area contributed by atoms with Gasteiger partial charge in [-0.25, -0.2) is 0 Å². The molecule has 8 nitrogen and oxygen atoms in total. The molecule has 0 unspecified atom stereocenters. The Labute approximate surface area is 289 Å². The van der Waals surface area contributed by atoms with Crippen LogP contribution in [0.2, 0.25) is 0 Å². The van der Waals surface area contributed by atoms with E-state index in [0.717, 1.165) is 16.9 Å². The quantitative estimate of drug-likeness (QED) is 0.0783. The van der Waals surface area contributed by atoms with Crippen molar-refractivity contribution in [2.75, 3.05) is 32.4 Å². The smallest absolute Gasteiger partial charge is 0.272 e. The molecule has 0 saturated heterocycles. The number of thioether (sulfide) groups is 1. The molecule has 0 saturated carbocycles. The molecule has 5 aromatic rings. The van der Waals surface area contributed by atoms with E-state index in [2.05, 4.69) is 22.8 Å². The number of carbonyl (C=O) groups excluding carboxylic acids is 3. The van der Waals surface area contributed by atoms with Crippen LogP contribution in [0.3, 0.4) is 0 Å². The van der Waals surface area contributed by atoms with Gasteiger partial charge in [-0.1, -0.05) is 60.7 Å². The highest BCUT2D eigenvalue weighted by Crippen LogP contribution is 2.39. The monoisotopic (exact) mass is 670 g/mol. The summed E-state index contributed by atoms with van der Waals surface area (Å²) in [5.41, 5.74) is 6.95. The maximum Gasteiger partial charge on any atom is 0.272 e. The molecule has 0 bridgehead atoms. The number of methoxy groups -OCH3 is 3. The molecule has 9 heteroatoms. The fourth-order valence-corrected chi connectivity index (χ4v) is 6.56. The van der Waals surface area contributed by atoms with Crippen molar-refractivity contribution < 1.29 is 28.6 Å². The molecule has 2 amide bonds. The van der Waals surface area contributed by atoms with Crippen LogP contribution in [-0.4, -0.2) is 44.7 Å². The van der Waals surface area contributed by atoms with Gasteiger partial charge in [-0.3, -0.25) is 14.4 Å². The van der Waals surface area contributed by atoms with Gasteiger partial charge in [0.05, 0.1) is 27.1 Å². The second-order valence-corrected chi connectivity index (χ2v) is 12.3. The van der Waals surface area contributed by atoms with E-state index < -0.39 is 11.8 Å². The zero-order valence-electron chi connectivity index (χ0n) is 27.2. The Morgan fingerprint density at radius 2 is 1.43 bits per heavy atom. The molecule has 246 valence electrons. The molecular formula is C40H34N2O6S. The van der Waals surface area contributed by atoms with Crippen LogP contribution >= 0.6 is 11.8 Å². The number of anilines is 1. The van der Waals surface area contributed by atoms with Crippen LogP contribution in [0.4, 0.5) is 5.69 Å². The minimum absolute atomic E-state index is 0.00452. The lowest BCUT2D eigenvalue weighted by molar-refractivity contribution is -0.113. The summed E-state index contributed by atoms with van der Waals surface area (Å²) in [4.78, 5) is 40.9. The van der Waals surface area contributed by atoms with Crippen molar-refractivity contribution in [3.8, 4) is 28.4 Å². The van der Waals surface area contributed by atoms with Crippen molar-refractivity contribution in [3.63, 3.8) is 0 Å². The molecule has 0 spiro atoms. The molecule has 1 aliphatic carbocycles. The van der Waals surface area contributed by atoms with Crippen molar-refractivity contribution in [3.05, 3.63) is 143 Å². The van der Waals surface area contributed by atoms with Crippen molar-refractivity contribution in [1.82, 2.24) is 5.32 Å².